The maximum atomic E-state index is 6.05. The molecule has 0 aromatic heterocycles. The van der Waals surface area contributed by atoms with Crippen LogP contribution >= 0.6 is 11.6 Å². The van der Waals surface area contributed by atoms with Crippen molar-refractivity contribution < 1.29 is 8.85 Å². The van der Waals surface area contributed by atoms with Crippen molar-refractivity contribution >= 4 is 20.9 Å². The predicted molar refractivity (Wildman–Crippen MR) is 82.9 cm³/mol. The molecule has 0 rings (SSSR count). The molecular weight excluding hydrogens is 264 g/mol. The van der Waals surface area contributed by atoms with Gasteiger partial charge in [0.05, 0.1) is 0 Å². The molecule has 0 spiro atoms. The summed E-state index contributed by atoms with van der Waals surface area (Å²) in [5.74, 6) is 0.752. The van der Waals surface area contributed by atoms with Crippen molar-refractivity contribution in [3.63, 3.8) is 0 Å². The smallest absolute Gasteiger partial charge is 0.324 e. The van der Waals surface area contributed by atoms with Gasteiger partial charge in [-0.3, -0.25) is 0 Å². The maximum absolute atomic E-state index is 6.05. The minimum Gasteiger partial charge on any atom is -0.396 e. The predicted octanol–water partition coefficient (Wildman–Crippen LogP) is 4.64. The number of unbranched alkanes of at least 4 members (excludes halogenated alkanes) is 2. The molecule has 0 aliphatic rings. The van der Waals surface area contributed by atoms with E-state index in [0.717, 1.165) is 51.2 Å². The quantitative estimate of drug-likeness (QED) is 0.280. The normalized spacial score (nSPS) is 13.2. The average Bonchev–Trinajstić information content (AvgIpc) is 2.39. The van der Waals surface area contributed by atoms with Gasteiger partial charge in [-0.25, -0.2) is 0 Å². The summed E-state index contributed by atoms with van der Waals surface area (Å²) in [5, 5.41) is 0. The van der Waals surface area contributed by atoms with Crippen LogP contribution in [-0.4, -0.2) is 28.4 Å². The topological polar surface area (TPSA) is 18.5 Å². The Bertz CT molecular complexity index is 160. The number of hydrogen-bond acceptors (Lipinski definition) is 2. The second-order valence-corrected chi connectivity index (χ2v) is 7.54. The number of rotatable bonds is 13. The first-order valence-corrected chi connectivity index (χ1v) is 9.73. The summed E-state index contributed by atoms with van der Waals surface area (Å²) in [6.45, 7) is 8.38. The Labute approximate surface area is 120 Å². The fourth-order valence-corrected chi connectivity index (χ4v) is 4.37. The van der Waals surface area contributed by atoms with Gasteiger partial charge >= 0.3 is 9.28 Å². The first kappa shape index (κ1) is 18.4. The summed E-state index contributed by atoms with van der Waals surface area (Å²) in [6, 6.07) is 0. The van der Waals surface area contributed by atoms with Gasteiger partial charge in [0.25, 0.3) is 0 Å². The first-order valence-electron chi connectivity index (χ1n) is 7.59. The fourth-order valence-electron chi connectivity index (χ4n) is 1.88. The van der Waals surface area contributed by atoms with Gasteiger partial charge < -0.3 is 8.85 Å². The van der Waals surface area contributed by atoms with Crippen LogP contribution < -0.4 is 0 Å². The molecule has 0 saturated carbocycles. The zero-order chi connectivity index (χ0) is 13.6. The molecule has 0 bridgehead atoms. The molecule has 0 aliphatic heterocycles. The largest absolute Gasteiger partial charge is 0.396 e. The van der Waals surface area contributed by atoms with Gasteiger partial charge in [-0.05, 0) is 31.2 Å². The summed E-state index contributed by atoms with van der Waals surface area (Å²) in [4.78, 5) is 0. The van der Waals surface area contributed by atoms with E-state index in [1.165, 1.54) is 12.8 Å². The Morgan fingerprint density at radius 2 is 1.50 bits per heavy atom. The molecule has 2 nitrogen and oxygen atoms in total. The van der Waals surface area contributed by atoms with E-state index in [0.29, 0.717) is 5.54 Å². The van der Waals surface area contributed by atoms with Crippen LogP contribution in [0, 0.1) is 0 Å². The molecule has 0 amide bonds. The van der Waals surface area contributed by atoms with Crippen LogP contribution in [0.5, 0.6) is 0 Å². The molecule has 0 heterocycles. The molecule has 0 saturated heterocycles. The fraction of sp³-hybridized carbons (Fsp3) is 1.00. The van der Waals surface area contributed by atoms with Crippen molar-refractivity contribution in [1.29, 1.82) is 0 Å². The summed E-state index contributed by atoms with van der Waals surface area (Å²) in [7, 11) is -1.50. The highest BCUT2D eigenvalue weighted by Gasteiger charge is 2.24. The number of halogens is 1. The minimum atomic E-state index is -1.50. The lowest BCUT2D eigenvalue weighted by Crippen LogP contribution is -2.30. The van der Waals surface area contributed by atoms with E-state index in [1.807, 2.05) is 0 Å². The van der Waals surface area contributed by atoms with Gasteiger partial charge in [0.1, 0.15) is 0 Å². The van der Waals surface area contributed by atoms with Crippen LogP contribution in [0.3, 0.4) is 0 Å². The van der Waals surface area contributed by atoms with E-state index in [9.17, 15) is 0 Å². The summed E-state index contributed by atoms with van der Waals surface area (Å²) in [5.41, 5.74) is 0.623. The van der Waals surface area contributed by atoms with Crippen LogP contribution in [0.4, 0.5) is 0 Å². The van der Waals surface area contributed by atoms with Crippen LogP contribution in [0.25, 0.3) is 0 Å². The first-order chi connectivity index (χ1) is 8.79. The molecule has 0 aromatic carbocycles. The highest BCUT2D eigenvalue weighted by molar-refractivity contribution is 6.46. The molecular formula is C14H31ClO2Si. The van der Waals surface area contributed by atoms with Crippen molar-refractivity contribution in [2.45, 2.75) is 71.3 Å². The Kier molecular flexibility index (Phi) is 14.2. The van der Waals surface area contributed by atoms with Crippen LogP contribution in [0.2, 0.25) is 5.54 Å². The van der Waals surface area contributed by atoms with Crippen molar-refractivity contribution in [3.8, 4) is 0 Å². The maximum Gasteiger partial charge on any atom is 0.324 e. The van der Waals surface area contributed by atoms with E-state index in [2.05, 4.69) is 20.8 Å². The Balaban J connectivity index is 4.11. The van der Waals surface area contributed by atoms with E-state index in [1.54, 1.807) is 0 Å². The van der Waals surface area contributed by atoms with Crippen molar-refractivity contribution in [2.24, 2.45) is 0 Å². The third-order valence-electron chi connectivity index (χ3n) is 3.18. The van der Waals surface area contributed by atoms with Crippen LogP contribution in [0.1, 0.15) is 65.7 Å². The third kappa shape index (κ3) is 9.37. The van der Waals surface area contributed by atoms with Crippen molar-refractivity contribution in [1.82, 2.24) is 0 Å². The summed E-state index contributed by atoms with van der Waals surface area (Å²) >= 11 is 5.79. The van der Waals surface area contributed by atoms with E-state index in [-0.39, 0.29) is 0 Å². The zero-order valence-corrected chi connectivity index (χ0v) is 14.3. The third-order valence-corrected chi connectivity index (χ3v) is 6.15. The van der Waals surface area contributed by atoms with Gasteiger partial charge in [-0.1, -0.05) is 40.0 Å². The molecule has 0 aromatic rings. The lowest BCUT2D eigenvalue weighted by Gasteiger charge is -2.24. The Hall–Kier alpha value is 0.427. The van der Waals surface area contributed by atoms with Gasteiger partial charge in [-0.2, -0.15) is 0 Å². The standard InChI is InChI=1S/C14H31ClO2Si/c1-4-7-12-16-18(17-13-8-5-2)14(6-3)10-9-11-15/h14,18H,4-13H2,1-3H3. The molecule has 0 radical (unpaired) electrons. The second-order valence-electron chi connectivity index (χ2n) is 4.82. The van der Waals surface area contributed by atoms with Gasteiger partial charge in [0.15, 0.2) is 0 Å². The second kappa shape index (κ2) is 13.8. The van der Waals surface area contributed by atoms with Crippen molar-refractivity contribution in [3.05, 3.63) is 0 Å². The van der Waals surface area contributed by atoms with Crippen LogP contribution in [0.15, 0.2) is 0 Å². The lowest BCUT2D eigenvalue weighted by atomic mass is 10.2. The van der Waals surface area contributed by atoms with E-state index >= 15 is 0 Å². The molecule has 1 unspecified atom stereocenters. The number of hydrogen-bond donors (Lipinski definition) is 0. The Morgan fingerprint density at radius 3 is 1.89 bits per heavy atom. The zero-order valence-electron chi connectivity index (χ0n) is 12.4. The molecule has 1 atom stereocenters. The van der Waals surface area contributed by atoms with Crippen molar-refractivity contribution in [2.75, 3.05) is 19.1 Å². The molecule has 0 aliphatic carbocycles. The SMILES string of the molecule is CCCCO[SiH](OCCCC)C(CC)CCCCl. The van der Waals surface area contributed by atoms with Crippen LogP contribution in [-0.2, 0) is 8.85 Å². The molecule has 18 heavy (non-hydrogen) atoms. The van der Waals surface area contributed by atoms with Gasteiger partial charge in [-0.15, -0.1) is 11.6 Å². The van der Waals surface area contributed by atoms with E-state index in [4.69, 9.17) is 20.5 Å². The molecule has 0 N–H and O–H groups in total. The highest BCUT2D eigenvalue weighted by Crippen LogP contribution is 2.24. The minimum absolute atomic E-state index is 0.623. The summed E-state index contributed by atoms with van der Waals surface area (Å²) in [6.07, 6.45) is 8.07. The highest BCUT2D eigenvalue weighted by atomic mass is 35.5. The average molecular weight is 295 g/mol. The molecule has 4 heteroatoms. The lowest BCUT2D eigenvalue weighted by molar-refractivity contribution is 0.180. The van der Waals surface area contributed by atoms with E-state index < -0.39 is 9.28 Å². The Morgan fingerprint density at radius 1 is 0.944 bits per heavy atom. The monoisotopic (exact) mass is 294 g/mol. The molecule has 0 fully saturated rings. The van der Waals surface area contributed by atoms with Gasteiger partial charge in [0, 0.05) is 19.1 Å². The van der Waals surface area contributed by atoms with Gasteiger partial charge in [0.2, 0.25) is 0 Å². The molecule has 110 valence electrons. The number of alkyl halides is 1. The summed E-state index contributed by atoms with van der Waals surface area (Å²) < 4.78 is 12.1.